The lowest BCUT2D eigenvalue weighted by molar-refractivity contribution is 0.354. The van der Waals surface area contributed by atoms with Gasteiger partial charge in [0.15, 0.2) is 0 Å². The number of nitrogens with one attached hydrogen (secondary N) is 1. The van der Waals surface area contributed by atoms with E-state index in [0.717, 1.165) is 19.6 Å². The first kappa shape index (κ1) is 14.4. The monoisotopic (exact) mass is 261 g/mol. The highest BCUT2D eigenvalue weighted by molar-refractivity contribution is 5.50. The van der Waals surface area contributed by atoms with Gasteiger partial charge < -0.3 is 15.1 Å². The van der Waals surface area contributed by atoms with Crippen LogP contribution < -0.4 is 10.2 Å². The molecule has 2 unspecified atom stereocenters. The van der Waals surface area contributed by atoms with E-state index < -0.39 is 0 Å². The highest BCUT2D eigenvalue weighted by atomic mass is 15.3. The van der Waals surface area contributed by atoms with E-state index in [9.17, 15) is 0 Å². The summed E-state index contributed by atoms with van der Waals surface area (Å²) in [7, 11) is 4.31. The van der Waals surface area contributed by atoms with E-state index in [0.29, 0.717) is 12.1 Å². The fourth-order valence-electron chi connectivity index (χ4n) is 3.00. The maximum absolute atomic E-state index is 3.58. The Morgan fingerprint density at radius 3 is 2.84 bits per heavy atom. The largest absolute Gasteiger partial charge is 0.363 e. The van der Waals surface area contributed by atoms with Crippen molar-refractivity contribution in [2.45, 2.75) is 32.4 Å². The Bertz CT molecular complexity index is 403. The molecule has 1 aliphatic rings. The number of anilines is 1. The fraction of sp³-hybridized carbons (Fsp3) is 0.625. The minimum atomic E-state index is 0.536. The van der Waals surface area contributed by atoms with Gasteiger partial charge in [0.05, 0.1) is 6.04 Å². The smallest absolute Gasteiger partial charge is 0.0544 e. The minimum absolute atomic E-state index is 0.536. The van der Waals surface area contributed by atoms with Crippen LogP contribution in [0.4, 0.5) is 5.69 Å². The highest BCUT2D eigenvalue weighted by Gasteiger charge is 2.26. The van der Waals surface area contributed by atoms with Gasteiger partial charge in [-0.25, -0.2) is 0 Å². The van der Waals surface area contributed by atoms with Crippen molar-refractivity contribution in [2.24, 2.45) is 0 Å². The van der Waals surface area contributed by atoms with E-state index in [1.807, 2.05) is 0 Å². The number of hydrogen-bond acceptors (Lipinski definition) is 3. The van der Waals surface area contributed by atoms with Gasteiger partial charge in [-0.1, -0.05) is 12.1 Å². The maximum Gasteiger partial charge on any atom is 0.0544 e. The van der Waals surface area contributed by atoms with Crippen LogP contribution in [0, 0.1) is 6.92 Å². The van der Waals surface area contributed by atoms with Gasteiger partial charge in [-0.2, -0.15) is 0 Å². The summed E-state index contributed by atoms with van der Waals surface area (Å²) < 4.78 is 0. The number of hydrogen-bond donors (Lipinski definition) is 1. The molecule has 0 saturated carbocycles. The van der Waals surface area contributed by atoms with E-state index in [1.54, 1.807) is 0 Å². The first-order chi connectivity index (χ1) is 9.08. The predicted molar refractivity (Wildman–Crippen MR) is 82.9 cm³/mol. The first-order valence-corrected chi connectivity index (χ1v) is 7.28. The van der Waals surface area contributed by atoms with Crippen LogP contribution in [-0.2, 0) is 0 Å². The molecule has 1 N–H and O–H groups in total. The SMILES string of the molecule is Cc1cccc(N2C(C)CCNCC2CN(C)C)c1. The van der Waals surface area contributed by atoms with Crippen LogP contribution >= 0.6 is 0 Å². The standard InChI is InChI=1S/C16H27N3/c1-13-6-5-7-15(10-13)19-14(2)8-9-17-11-16(19)12-18(3)4/h5-7,10,14,16-17H,8-9,11-12H2,1-4H3. The lowest BCUT2D eigenvalue weighted by Gasteiger charge is -2.38. The van der Waals surface area contributed by atoms with E-state index in [-0.39, 0.29) is 0 Å². The topological polar surface area (TPSA) is 18.5 Å². The van der Waals surface area contributed by atoms with Gasteiger partial charge >= 0.3 is 0 Å². The lowest BCUT2D eigenvalue weighted by Crippen LogP contribution is -2.49. The van der Waals surface area contributed by atoms with Crippen LogP contribution in [0.2, 0.25) is 0 Å². The molecular weight excluding hydrogens is 234 g/mol. The number of benzene rings is 1. The van der Waals surface area contributed by atoms with Crippen molar-refractivity contribution in [2.75, 3.05) is 38.6 Å². The molecule has 106 valence electrons. The molecule has 0 radical (unpaired) electrons. The molecule has 0 aliphatic carbocycles. The van der Waals surface area contributed by atoms with Gasteiger partial charge in [0.2, 0.25) is 0 Å². The first-order valence-electron chi connectivity index (χ1n) is 7.28. The summed E-state index contributed by atoms with van der Waals surface area (Å²) in [6.07, 6.45) is 1.21. The normalized spacial score (nSPS) is 24.6. The van der Waals surface area contributed by atoms with Gasteiger partial charge in [-0.3, -0.25) is 0 Å². The van der Waals surface area contributed by atoms with Gasteiger partial charge in [0.25, 0.3) is 0 Å². The molecule has 0 spiro atoms. The van der Waals surface area contributed by atoms with Crippen molar-refractivity contribution < 1.29 is 0 Å². The van der Waals surface area contributed by atoms with Crippen LogP contribution in [0.1, 0.15) is 18.9 Å². The zero-order valence-electron chi connectivity index (χ0n) is 12.7. The summed E-state index contributed by atoms with van der Waals surface area (Å²) in [5.41, 5.74) is 2.70. The zero-order chi connectivity index (χ0) is 13.8. The lowest BCUT2D eigenvalue weighted by atomic mass is 10.1. The number of rotatable bonds is 3. The van der Waals surface area contributed by atoms with Crippen LogP contribution in [0.3, 0.4) is 0 Å². The highest BCUT2D eigenvalue weighted by Crippen LogP contribution is 2.24. The molecule has 0 amide bonds. The molecule has 1 fully saturated rings. The predicted octanol–water partition coefficient (Wildman–Crippen LogP) is 2.11. The third-order valence-corrected chi connectivity index (χ3v) is 3.86. The van der Waals surface area contributed by atoms with Crippen molar-refractivity contribution in [1.29, 1.82) is 0 Å². The van der Waals surface area contributed by atoms with Crippen molar-refractivity contribution >= 4 is 5.69 Å². The molecule has 1 saturated heterocycles. The molecule has 1 heterocycles. The summed E-state index contributed by atoms with van der Waals surface area (Å²) in [4.78, 5) is 4.89. The second-order valence-corrected chi connectivity index (χ2v) is 6.00. The number of nitrogens with zero attached hydrogens (tertiary/aromatic N) is 2. The van der Waals surface area contributed by atoms with E-state index in [1.165, 1.54) is 17.7 Å². The van der Waals surface area contributed by atoms with Crippen molar-refractivity contribution in [1.82, 2.24) is 10.2 Å². The second kappa shape index (κ2) is 6.40. The Hall–Kier alpha value is -1.06. The quantitative estimate of drug-likeness (QED) is 0.899. The second-order valence-electron chi connectivity index (χ2n) is 6.00. The molecule has 2 atom stereocenters. The Kier molecular flexibility index (Phi) is 4.83. The Balaban J connectivity index is 2.28. The molecule has 2 rings (SSSR count). The molecule has 3 nitrogen and oxygen atoms in total. The van der Waals surface area contributed by atoms with Crippen molar-refractivity contribution in [3.63, 3.8) is 0 Å². The third-order valence-electron chi connectivity index (χ3n) is 3.86. The van der Waals surface area contributed by atoms with Crippen LogP contribution in [-0.4, -0.2) is 50.7 Å². The van der Waals surface area contributed by atoms with E-state index in [4.69, 9.17) is 0 Å². The average molecular weight is 261 g/mol. The molecule has 19 heavy (non-hydrogen) atoms. The summed E-state index contributed by atoms with van der Waals surface area (Å²) in [6, 6.07) is 10.0. The maximum atomic E-state index is 3.58. The number of likely N-dealkylation sites (N-methyl/N-ethyl adjacent to an activating group) is 1. The third kappa shape index (κ3) is 3.71. The molecule has 1 aromatic rings. The zero-order valence-corrected chi connectivity index (χ0v) is 12.7. The Morgan fingerprint density at radius 2 is 2.16 bits per heavy atom. The number of aryl methyl sites for hydroxylation is 1. The molecular formula is C16H27N3. The summed E-state index contributed by atoms with van der Waals surface area (Å²) in [5, 5.41) is 3.58. The summed E-state index contributed by atoms with van der Waals surface area (Å²) >= 11 is 0. The molecule has 3 heteroatoms. The Morgan fingerprint density at radius 1 is 1.37 bits per heavy atom. The fourth-order valence-corrected chi connectivity index (χ4v) is 3.00. The minimum Gasteiger partial charge on any atom is -0.363 e. The van der Waals surface area contributed by atoms with Crippen molar-refractivity contribution in [3.05, 3.63) is 29.8 Å². The van der Waals surface area contributed by atoms with Gasteiger partial charge in [-0.05, 0) is 58.6 Å². The van der Waals surface area contributed by atoms with Crippen molar-refractivity contribution in [3.8, 4) is 0 Å². The molecule has 0 bridgehead atoms. The van der Waals surface area contributed by atoms with Crippen LogP contribution in [0.15, 0.2) is 24.3 Å². The van der Waals surface area contributed by atoms with E-state index in [2.05, 4.69) is 67.3 Å². The average Bonchev–Trinajstić information content (AvgIpc) is 2.50. The summed E-state index contributed by atoms with van der Waals surface area (Å²) in [5.74, 6) is 0. The van der Waals surface area contributed by atoms with Gasteiger partial charge in [-0.15, -0.1) is 0 Å². The van der Waals surface area contributed by atoms with Crippen LogP contribution in [0.25, 0.3) is 0 Å². The Labute approximate surface area is 117 Å². The van der Waals surface area contributed by atoms with Gasteiger partial charge in [0, 0.05) is 24.8 Å². The summed E-state index contributed by atoms with van der Waals surface area (Å²) in [6.45, 7) is 7.79. The van der Waals surface area contributed by atoms with Crippen LogP contribution in [0.5, 0.6) is 0 Å². The molecule has 1 aromatic carbocycles. The van der Waals surface area contributed by atoms with E-state index >= 15 is 0 Å². The molecule has 0 aromatic heterocycles. The molecule has 1 aliphatic heterocycles. The van der Waals surface area contributed by atoms with Gasteiger partial charge in [0.1, 0.15) is 0 Å².